The molecule has 100 valence electrons. The molecule has 2 N–H and O–H groups in total. The molecule has 0 saturated carbocycles. The predicted octanol–water partition coefficient (Wildman–Crippen LogP) is -0.106. The van der Waals surface area contributed by atoms with Gasteiger partial charge in [-0.2, -0.15) is 12.7 Å². The molecule has 1 aromatic heterocycles. The van der Waals surface area contributed by atoms with E-state index in [4.69, 9.17) is 21.2 Å². The van der Waals surface area contributed by atoms with Crippen LogP contribution in [0.15, 0.2) is 16.7 Å². The third-order valence-corrected chi connectivity index (χ3v) is 4.11. The number of hydrogen-bond donors (Lipinski definition) is 1. The lowest BCUT2D eigenvalue weighted by atomic mass is 10.2. The fraction of sp³-hybridized carbons (Fsp3) is 0.444. The second-order valence-corrected chi connectivity index (χ2v) is 5.73. The average molecular weight is 294 g/mol. The van der Waals surface area contributed by atoms with Crippen LogP contribution in [0.5, 0.6) is 0 Å². The van der Waals surface area contributed by atoms with Crippen LogP contribution in [0, 0.1) is 0 Å². The van der Waals surface area contributed by atoms with Gasteiger partial charge in [0.2, 0.25) is 5.22 Å². The second kappa shape index (κ2) is 4.88. The minimum absolute atomic E-state index is 0.0360. The van der Waals surface area contributed by atoms with Crippen molar-refractivity contribution < 1.29 is 17.6 Å². The van der Waals surface area contributed by atoms with Crippen LogP contribution in [0.2, 0.25) is 5.22 Å². The van der Waals surface area contributed by atoms with Gasteiger partial charge in [0.05, 0.1) is 11.8 Å². The molecule has 2 rings (SSSR count). The number of hydrogen-bond acceptors (Lipinski definition) is 4. The summed E-state index contributed by atoms with van der Waals surface area (Å²) in [5.74, 6) is -0.275. The molecule has 0 atom stereocenters. The third kappa shape index (κ3) is 2.66. The molecule has 2 heterocycles. The number of carbonyl (C=O) groups excluding carboxylic acids is 1. The van der Waals surface area contributed by atoms with Gasteiger partial charge >= 0.3 is 0 Å². The van der Waals surface area contributed by atoms with Crippen LogP contribution in [0.1, 0.15) is 10.4 Å². The number of halogens is 1. The van der Waals surface area contributed by atoms with Gasteiger partial charge in [0.1, 0.15) is 0 Å². The maximum absolute atomic E-state index is 12.0. The molecule has 9 heteroatoms. The van der Waals surface area contributed by atoms with Gasteiger partial charge in [-0.3, -0.25) is 4.79 Å². The van der Waals surface area contributed by atoms with Crippen molar-refractivity contribution in [2.45, 2.75) is 0 Å². The monoisotopic (exact) mass is 293 g/mol. The normalized spacial score (nSPS) is 18.0. The first-order valence-electron chi connectivity index (χ1n) is 5.20. The van der Waals surface area contributed by atoms with Gasteiger partial charge in [-0.1, -0.05) is 0 Å². The van der Waals surface area contributed by atoms with E-state index in [9.17, 15) is 13.2 Å². The maximum Gasteiger partial charge on any atom is 0.277 e. The van der Waals surface area contributed by atoms with E-state index in [1.54, 1.807) is 0 Å². The van der Waals surface area contributed by atoms with Gasteiger partial charge in [-0.25, -0.2) is 5.14 Å². The fourth-order valence-corrected chi connectivity index (χ4v) is 2.63. The standard InChI is InChI=1S/C9H12ClN3O4S/c10-8-7(1-6-17-8)9(14)12-2-4-13(5-3-12)18(11,15)16/h1,6H,2-5H2,(H2,11,15,16). The van der Waals surface area contributed by atoms with Crippen LogP contribution < -0.4 is 5.14 Å². The lowest BCUT2D eigenvalue weighted by Gasteiger charge is -2.32. The van der Waals surface area contributed by atoms with Crippen molar-refractivity contribution in [1.82, 2.24) is 9.21 Å². The molecule has 1 aliphatic rings. The zero-order valence-electron chi connectivity index (χ0n) is 9.37. The molecule has 1 aliphatic heterocycles. The van der Waals surface area contributed by atoms with E-state index in [0.29, 0.717) is 0 Å². The molecular weight excluding hydrogens is 282 g/mol. The Bertz CT molecular complexity index is 548. The molecule has 7 nitrogen and oxygen atoms in total. The first kappa shape index (κ1) is 13.3. The van der Waals surface area contributed by atoms with E-state index >= 15 is 0 Å². The summed E-state index contributed by atoms with van der Waals surface area (Å²) >= 11 is 5.71. The molecular formula is C9H12ClN3O4S. The molecule has 0 bridgehead atoms. The summed E-state index contributed by atoms with van der Waals surface area (Å²) in [5, 5.41) is 5.05. The molecule has 0 unspecified atom stereocenters. The van der Waals surface area contributed by atoms with Crippen LogP contribution in [-0.2, 0) is 10.2 Å². The Labute approximate surface area is 109 Å². The van der Waals surface area contributed by atoms with Crippen LogP contribution in [0.25, 0.3) is 0 Å². The number of piperazine rings is 1. The SMILES string of the molecule is NS(=O)(=O)N1CCN(C(=O)c2ccoc2Cl)CC1. The fourth-order valence-electron chi connectivity index (χ4n) is 1.76. The largest absolute Gasteiger partial charge is 0.452 e. The van der Waals surface area contributed by atoms with E-state index in [0.717, 1.165) is 4.31 Å². The van der Waals surface area contributed by atoms with Crippen molar-refractivity contribution >= 4 is 27.7 Å². The number of carbonyl (C=O) groups is 1. The quantitative estimate of drug-likeness (QED) is 0.823. The molecule has 1 aromatic rings. The predicted molar refractivity (Wildman–Crippen MR) is 64.3 cm³/mol. The summed E-state index contributed by atoms with van der Waals surface area (Å²) in [6, 6.07) is 1.48. The van der Waals surface area contributed by atoms with Crippen molar-refractivity contribution in [3.63, 3.8) is 0 Å². The van der Waals surface area contributed by atoms with Crippen molar-refractivity contribution in [2.24, 2.45) is 5.14 Å². The zero-order valence-corrected chi connectivity index (χ0v) is 10.9. The summed E-state index contributed by atoms with van der Waals surface area (Å²) in [6.07, 6.45) is 1.33. The van der Waals surface area contributed by atoms with E-state index in [-0.39, 0.29) is 42.9 Å². The molecule has 0 spiro atoms. The molecule has 0 aliphatic carbocycles. The Morgan fingerprint density at radius 2 is 1.94 bits per heavy atom. The lowest BCUT2D eigenvalue weighted by molar-refractivity contribution is 0.0697. The number of nitrogens with zero attached hydrogens (tertiary/aromatic N) is 2. The third-order valence-electron chi connectivity index (χ3n) is 2.73. The molecule has 18 heavy (non-hydrogen) atoms. The van der Waals surface area contributed by atoms with E-state index in [1.807, 2.05) is 0 Å². The van der Waals surface area contributed by atoms with Crippen LogP contribution in [0.3, 0.4) is 0 Å². The summed E-state index contributed by atoms with van der Waals surface area (Å²) in [6.45, 7) is 0.910. The van der Waals surface area contributed by atoms with Crippen molar-refractivity contribution in [3.05, 3.63) is 23.1 Å². The number of amides is 1. The van der Waals surface area contributed by atoms with Crippen LogP contribution in [-0.4, -0.2) is 49.7 Å². The van der Waals surface area contributed by atoms with Gasteiger partial charge in [-0.15, -0.1) is 0 Å². The first-order chi connectivity index (χ1) is 8.39. The highest BCUT2D eigenvalue weighted by molar-refractivity contribution is 7.86. The number of furan rings is 1. The average Bonchev–Trinajstić information content (AvgIpc) is 2.73. The highest BCUT2D eigenvalue weighted by Gasteiger charge is 2.28. The minimum atomic E-state index is -3.69. The Kier molecular flexibility index (Phi) is 3.62. The van der Waals surface area contributed by atoms with Gasteiger partial charge in [0.15, 0.2) is 0 Å². The lowest BCUT2D eigenvalue weighted by Crippen LogP contribution is -2.52. The molecule has 0 aromatic carbocycles. The van der Waals surface area contributed by atoms with Gasteiger partial charge in [0.25, 0.3) is 16.1 Å². The summed E-state index contributed by atoms with van der Waals surface area (Å²) in [5.41, 5.74) is 0.278. The zero-order chi connectivity index (χ0) is 13.3. The van der Waals surface area contributed by atoms with Gasteiger partial charge in [0, 0.05) is 26.2 Å². The highest BCUT2D eigenvalue weighted by atomic mass is 35.5. The molecule has 1 saturated heterocycles. The molecule has 0 radical (unpaired) electrons. The van der Waals surface area contributed by atoms with Crippen molar-refractivity contribution in [2.75, 3.05) is 26.2 Å². The Morgan fingerprint density at radius 1 is 1.33 bits per heavy atom. The number of nitrogens with two attached hydrogens (primary N) is 1. The second-order valence-electron chi connectivity index (χ2n) is 3.84. The molecule has 1 fully saturated rings. The Hall–Kier alpha value is -1.09. The number of rotatable bonds is 2. The van der Waals surface area contributed by atoms with Gasteiger partial charge in [-0.05, 0) is 17.7 Å². The Balaban J connectivity index is 2.03. The summed E-state index contributed by atoms with van der Waals surface area (Å²) < 4.78 is 28.2. The van der Waals surface area contributed by atoms with Crippen molar-refractivity contribution in [3.8, 4) is 0 Å². The van der Waals surface area contributed by atoms with E-state index in [1.165, 1.54) is 17.2 Å². The Morgan fingerprint density at radius 3 is 2.39 bits per heavy atom. The van der Waals surface area contributed by atoms with Crippen LogP contribution >= 0.6 is 11.6 Å². The van der Waals surface area contributed by atoms with Crippen molar-refractivity contribution in [1.29, 1.82) is 0 Å². The molecule has 1 amide bonds. The first-order valence-corrected chi connectivity index (χ1v) is 7.08. The van der Waals surface area contributed by atoms with Gasteiger partial charge < -0.3 is 9.32 Å². The topological polar surface area (TPSA) is 96.9 Å². The van der Waals surface area contributed by atoms with E-state index in [2.05, 4.69) is 0 Å². The van der Waals surface area contributed by atoms with E-state index < -0.39 is 10.2 Å². The smallest absolute Gasteiger partial charge is 0.277 e. The minimum Gasteiger partial charge on any atom is -0.452 e. The highest BCUT2D eigenvalue weighted by Crippen LogP contribution is 2.19. The maximum atomic E-state index is 12.0. The summed E-state index contributed by atoms with van der Waals surface area (Å²) in [7, 11) is -3.69. The van der Waals surface area contributed by atoms with Crippen LogP contribution in [0.4, 0.5) is 0 Å². The summed E-state index contributed by atoms with van der Waals surface area (Å²) in [4.78, 5) is 13.5.